The Kier molecular flexibility index (Phi) is 5.04. The maximum atomic E-state index is 4.51. The van der Waals surface area contributed by atoms with E-state index in [0.29, 0.717) is 0 Å². The second-order valence-electron chi connectivity index (χ2n) is 6.27. The first-order valence-electron chi connectivity index (χ1n) is 7.78. The summed E-state index contributed by atoms with van der Waals surface area (Å²) >= 11 is 0. The molecular weight excluding hydrogens is 446 g/mol. The van der Waals surface area contributed by atoms with Crippen LogP contribution in [0.25, 0.3) is 17.3 Å². The molecule has 0 aliphatic heterocycles. The number of pyridine rings is 1. The summed E-state index contributed by atoms with van der Waals surface area (Å²) in [6.45, 7) is 9.01. The number of fused-ring (bicyclic) bond motifs is 1. The molecule has 1 aliphatic rings. The van der Waals surface area contributed by atoms with Gasteiger partial charge in [-0.2, -0.15) is 0 Å². The number of nitrogens with zero attached hydrogens (tertiary/aromatic N) is 1. The quantitative estimate of drug-likeness (QED) is 0.565. The minimum Gasteiger partial charge on any atom is -0.305 e. The van der Waals surface area contributed by atoms with E-state index < -0.39 is 0 Å². The van der Waals surface area contributed by atoms with Gasteiger partial charge in [-0.15, -0.1) is 34.9 Å². The van der Waals surface area contributed by atoms with Gasteiger partial charge in [0.25, 0.3) is 0 Å². The Bertz CT molecular complexity index is 713. The van der Waals surface area contributed by atoms with Gasteiger partial charge in [-0.1, -0.05) is 51.0 Å². The fourth-order valence-corrected chi connectivity index (χ4v) is 3.24. The van der Waals surface area contributed by atoms with Crippen molar-refractivity contribution in [3.05, 3.63) is 58.8 Å². The maximum absolute atomic E-state index is 4.51. The van der Waals surface area contributed by atoms with Crippen molar-refractivity contribution in [2.45, 2.75) is 46.0 Å². The predicted octanol–water partition coefficient (Wildman–Crippen LogP) is 5.19. The number of aromatic nitrogens is 1. The van der Waals surface area contributed by atoms with Crippen LogP contribution in [-0.4, -0.2) is 4.98 Å². The van der Waals surface area contributed by atoms with Crippen LogP contribution in [0.2, 0.25) is 0 Å². The Morgan fingerprint density at radius 2 is 1.91 bits per heavy atom. The molecule has 1 radical (unpaired) electrons. The van der Waals surface area contributed by atoms with Gasteiger partial charge in [0.05, 0.1) is 0 Å². The van der Waals surface area contributed by atoms with E-state index in [4.69, 9.17) is 0 Å². The van der Waals surface area contributed by atoms with Crippen molar-refractivity contribution in [3.63, 3.8) is 0 Å². The van der Waals surface area contributed by atoms with Crippen LogP contribution < -0.4 is 0 Å². The summed E-state index contributed by atoms with van der Waals surface area (Å²) in [5.41, 5.74) is 7.78. The molecule has 0 amide bonds. The second kappa shape index (κ2) is 6.48. The molecule has 2 aromatic rings. The first kappa shape index (κ1) is 17.1. The molecule has 0 spiro atoms. The van der Waals surface area contributed by atoms with Gasteiger partial charge in [0.2, 0.25) is 0 Å². The average molecular weight is 469 g/mol. The Morgan fingerprint density at radius 1 is 1.14 bits per heavy atom. The summed E-state index contributed by atoms with van der Waals surface area (Å²) in [6, 6.07) is 12.1. The largest absolute Gasteiger partial charge is 0.305 e. The zero-order valence-corrected chi connectivity index (χ0v) is 16.1. The number of hydrogen-bond donors (Lipinski definition) is 0. The maximum Gasteiger partial charge on any atom is 0.0163 e. The smallest absolute Gasteiger partial charge is 0.0163 e. The van der Waals surface area contributed by atoms with E-state index in [-0.39, 0.29) is 25.5 Å². The van der Waals surface area contributed by atoms with E-state index in [2.05, 4.69) is 69.1 Å². The van der Waals surface area contributed by atoms with Crippen LogP contribution >= 0.6 is 0 Å². The third kappa shape index (κ3) is 2.83. The monoisotopic (exact) mass is 469 g/mol. The van der Waals surface area contributed by atoms with Crippen LogP contribution in [0.3, 0.4) is 0 Å². The first-order valence-corrected chi connectivity index (χ1v) is 7.78. The molecule has 2 heteroatoms. The number of benzene rings is 1. The molecule has 0 N–H and O–H groups in total. The number of hydrogen-bond acceptors (Lipinski definition) is 1. The SMILES string of the molecule is CCC1=Cc2cc(-c3cc(CC)ccn3)[c-]cc2C1(C)C.[Ir]. The van der Waals surface area contributed by atoms with Crippen LogP contribution in [0.1, 0.15) is 50.8 Å². The van der Waals surface area contributed by atoms with Crippen molar-refractivity contribution in [3.8, 4) is 11.3 Å². The Hall–Kier alpha value is -1.24. The predicted molar refractivity (Wildman–Crippen MR) is 89.2 cm³/mol. The fraction of sp³-hybridized carbons (Fsp3) is 0.350. The van der Waals surface area contributed by atoms with E-state index >= 15 is 0 Å². The molecule has 1 nitrogen and oxygen atoms in total. The number of allylic oxidation sites excluding steroid dienone is 1. The molecule has 0 bridgehead atoms. The van der Waals surface area contributed by atoms with Gasteiger partial charge in [-0.05, 0) is 30.0 Å². The van der Waals surface area contributed by atoms with Crippen molar-refractivity contribution in [2.24, 2.45) is 0 Å². The molecule has 1 heterocycles. The van der Waals surface area contributed by atoms with Gasteiger partial charge in [0.1, 0.15) is 0 Å². The van der Waals surface area contributed by atoms with Crippen molar-refractivity contribution in [1.29, 1.82) is 0 Å². The summed E-state index contributed by atoms with van der Waals surface area (Å²) in [5, 5.41) is 0. The minimum absolute atomic E-state index is 0. The number of rotatable bonds is 3. The zero-order chi connectivity index (χ0) is 15.0. The van der Waals surface area contributed by atoms with Gasteiger partial charge in [0, 0.05) is 26.3 Å². The molecular formula is C20H22IrN-. The van der Waals surface area contributed by atoms with Crippen molar-refractivity contribution >= 4 is 6.08 Å². The Labute approximate surface area is 147 Å². The molecule has 0 saturated carbocycles. The van der Waals surface area contributed by atoms with E-state index in [9.17, 15) is 0 Å². The van der Waals surface area contributed by atoms with Crippen LogP contribution in [0.4, 0.5) is 0 Å². The van der Waals surface area contributed by atoms with E-state index in [1.165, 1.54) is 22.3 Å². The first-order chi connectivity index (χ1) is 10.1. The molecule has 1 aromatic carbocycles. The molecule has 22 heavy (non-hydrogen) atoms. The van der Waals surface area contributed by atoms with Crippen LogP contribution in [0.5, 0.6) is 0 Å². The zero-order valence-electron chi connectivity index (χ0n) is 13.7. The summed E-state index contributed by atoms with van der Waals surface area (Å²) in [4.78, 5) is 4.51. The third-order valence-corrected chi connectivity index (χ3v) is 4.68. The van der Waals surface area contributed by atoms with Crippen molar-refractivity contribution < 1.29 is 20.1 Å². The summed E-state index contributed by atoms with van der Waals surface area (Å²) < 4.78 is 0. The molecule has 3 rings (SSSR count). The van der Waals surface area contributed by atoms with Crippen LogP contribution in [0.15, 0.2) is 36.0 Å². The molecule has 1 aliphatic carbocycles. The van der Waals surface area contributed by atoms with Gasteiger partial charge < -0.3 is 4.98 Å². The van der Waals surface area contributed by atoms with E-state index in [1.54, 1.807) is 0 Å². The average Bonchev–Trinajstić information content (AvgIpc) is 2.77. The number of aryl methyl sites for hydroxylation is 1. The summed E-state index contributed by atoms with van der Waals surface area (Å²) in [5.74, 6) is 0. The van der Waals surface area contributed by atoms with E-state index in [0.717, 1.165) is 24.1 Å². The fourth-order valence-electron chi connectivity index (χ4n) is 3.24. The van der Waals surface area contributed by atoms with E-state index in [1.807, 2.05) is 6.20 Å². The second-order valence-corrected chi connectivity index (χ2v) is 6.27. The molecule has 0 saturated heterocycles. The van der Waals surface area contributed by atoms with Gasteiger partial charge >= 0.3 is 0 Å². The molecule has 117 valence electrons. The van der Waals surface area contributed by atoms with Crippen LogP contribution in [0, 0.1) is 6.07 Å². The third-order valence-electron chi connectivity index (χ3n) is 4.68. The standard InChI is InChI=1S/C20H22N.Ir/c1-5-14-9-10-21-19(11-14)15-7-8-18-16(12-15)13-17(6-2)20(18,3)4;/h8-13H,5-6H2,1-4H3;/q-1;. The van der Waals surface area contributed by atoms with Gasteiger partial charge in [-0.3, -0.25) is 0 Å². The molecule has 1 aromatic heterocycles. The molecule has 0 fully saturated rings. The summed E-state index contributed by atoms with van der Waals surface area (Å²) in [6.07, 6.45) is 6.37. The molecule has 0 unspecified atom stereocenters. The Balaban J connectivity index is 0.00000176. The Morgan fingerprint density at radius 3 is 2.59 bits per heavy atom. The summed E-state index contributed by atoms with van der Waals surface area (Å²) in [7, 11) is 0. The molecule has 0 atom stereocenters. The normalized spacial score (nSPS) is 15.0. The van der Waals surface area contributed by atoms with Crippen molar-refractivity contribution in [1.82, 2.24) is 4.98 Å². The topological polar surface area (TPSA) is 12.9 Å². The van der Waals surface area contributed by atoms with Crippen molar-refractivity contribution in [2.75, 3.05) is 0 Å². The van der Waals surface area contributed by atoms with Gasteiger partial charge in [0.15, 0.2) is 0 Å². The minimum atomic E-state index is 0. The van der Waals surface area contributed by atoms with Gasteiger partial charge in [-0.25, -0.2) is 0 Å². The van der Waals surface area contributed by atoms with Crippen LogP contribution in [-0.2, 0) is 31.9 Å².